The molecule has 0 aliphatic heterocycles. The van der Waals surface area contributed by atoms with E-state index in [1.807, 2.05) is 0 Å². The van der Waals surface area contributed by atoms with Crippen molar-refractivity contribution in [2.45, 2.75) is 235 Å². The molecule has 0 amide bonds. The van der Waals surface area contributed by atoms with Crippen LogP contribution in [-0.2, 0) is 120 Å². The quantitative estimate of drug-likeness (QED) is 0.0554. The monoisotopic (exact) mass is 1760 g/mol. The average Bonchev–Trinajstić information content (AvgIpc) is 0.829. The molecule has 0 spiro atoms. The molecular weight excluding hydrogens is 1610 g/mol. The predicted molar refractivity (Wildman–Crippen MR) is 451 cm³/mol. The molecule has 644 valence electrons. The van der Waals surface area contributed by atoms with Crippen molar-refractivity contribution in [3.8, 4) is 0 Å². The zero-order valence-electron chi connectivity index (χ0n) is 72.5. The molecule has 0 aromatic rings. The highest BCUT2D eigenvalue weighted by Crippen LogP contribution is 2.45. The van der Waals surface area contributed by atoms with E-state index in [2.05, 4.69) is 0 Å². The first kappa shape index (κ1) is 109. The Labute approximate surface area is 665 Å². The van der Waals surface area contributed by atoms with E-state index < -0.39 is 112 Å². The van der Waals surface area contributed by atoms with Gasteiger partial charge in [-0.2, -0.15) is 0 Å². The van der Waals surface area contributed by atoms with Crippen molar-refractivity contribution in [3.05, 3.63) is 0 Å². The van der Waals surface area contributed by atoms with Crippen LogP contribution < -0.4 is 0 Å². The van der Waals surface area contributed by atoms with Crippen LogP contribution in [0.4, 0.5) is 0 Å². The fraction of sp³-hybridized carbons (Fsp3) is 1.00. The van der Waals surface area contributed by atoms with Crippen LogP contribution in [0.3, 0.4) is 0 Å². The Morgan fingerprint density at radius 3 is 0.271 bits per heavy atom. The third kappa shape index (κ3) is 35.7. The van der Waals surface area contributed by atoms with Gasteiger partial charge in [0, 0.05) is 253 Å². The highest BCUT2D eigenvalue weighted by Gasteiger charge is 2.49. The first-order chi connectivity index (χ1) is 51.2. The average molecular weight is 1770 g/mol. The Bertz CT molecular complexity index is 1650. The van der Waals surface area contributed by atoms with E-state index in [4.69, 9.17) is 120 Å². The fourth-order valence-electron chi connectivity index (χ4n) is 17.1. The molecule has 1 N–H and O–H groups in total. The topological polar surface area (TPSA) is 269 Å². The second-order valence-corrected chi connectivity index (χ2v) is 76.5. The van der Waals surface area contributed by atoms with E-state index in [9.17, 15) is 5.11 Å². The molecule has 0 heterocycles. The fourth-order valence-corrected chi connectivity index (χ4v) is 57.6. The van der Waals surface area contributed by atoms with E-state index in [-0.39, 0.29) is 6.61 Å². The Morgan fingerprint density at radius 2 is 0.196 bits per heavy atom. The summed E-state index contributed by atoms with van der Waals surface area (Å²) in [5.74, 6) is 0. The van der Waals surface area contributed by atoms with Gasteiger partial charge in [-0.05, 0) is 6.42 Å². The molecule has 0 radical (unpaired) electrons. The van der Waals surface area contributed by atoms with E-state index >= 15 is 0 Å². The van der Waals surface area contributed by atoms with Gasteiger partial charge in [-0.25, -0.2) is 0 Å². The zero-order chi connectivity index (χ0) is 81.2. The van der Waals surface area contributed by atoms with E-state index in [0.29, 0.717) is 54.4 Å². The Balaban J connectivity index is 9.35. The van der Waals surface area contributed by atoms with Crippen molar-refractivity contribution in [3.63, 3.8) is 0 Å². The summed E-state index contributed by atoms with van der Waals surface area (Å²) in [6.45, 7) is 0.125. The van der Waals surface area contributed by atoms with Crippen molar-refractivity contribution in [1.29, 1.82) is 0 Å². The van der Waals surface area contributed by atoms with Gasteiger partial charge in [0.2, 0.25) is 0 Å². The van der Waals surface area contributed by atoms with Gasteiger partial charge in [-0.3, -0.25) is 0 Å². The van der Waals surface area contributed by atoms with Crippen LogP contribution in [0, 0.1) is 0 Å². The van der Waals surface area contributed by atoms with Crippen LogP contribution in [0.2, 0.25) is 151 Å². The second-order valence-electron chi connectivity index (χ2n) is 28.7. The maximum Gasteiger partial charge on any atom is 0.500 e. The summed E-state index contributed by atoms with van der Waals surface area (Å²) in [6.07, 6.45) is 12.0. The highest BCUT2D eigenvalue weighted by atomic mass is 28.4. The van der Waals surface area contributed by atoms with Crippen LogP contribution in [0.25, 0.3) is 0 Å². The molecule has 0 aliphatic carbocycles. The minimum atomic E-state index is -2.95. The molecule has 0 saturated heterocycles. The minimum Gasteiger partial charge on any atom is -0.396 e. The van der Waals surface area contributed by atoms with Crippen LogP contribution >= 0.6 is 0 Å². The van der Waals surface area contributed by atoms with Crippen LogP contribution in [-0.4, -0.2) is 315 Å². The maximum atomic E-state index is 11.3. The van der Waals surface area contributed by atoms with Gasteiger partial charge in [0.05, 0.1) is 32.3 Å². The third-order valence-electron chi connectivity index (χ3n) is 24.2. The van der Waals surface area contributed by atoms with E-state index in [1.54, 1.807) is 192 Å². The summed E-state index contributed by atoms with van der Waals surface area (Å²) in [7, 11) is 10.2. The summed E-state index contributed by atoms with van der Waals surface area (Å²) in [5, 5.41) is 11.3. The molecule has 0 fully saturated rings. The van der Waals surface area contributed by atoms with Crippen LogP contribution in [0.15, 0.2) is 0 Å². The summed E-state index contributed by atoms with van der Waals surface area (Å²) in [4.78, 5) is 0. The number of rotatable bonds is 78. The Hall–Kier alpha value is 1.70. The van der Waals surface area contributed by atoms with Gasteiger partial charge in [0.15, 0.2) is 0 Å². The summed E-state index contributed by atoms with van der Waals surface area (Å²) in [6, 6.07) is 23.4. The minimum absolute atomic E-state index is 0.125. The molecule has 0 saturated carbocycles. The molecular formula is C66H160O28Si13. The van der Waals surface area contributed by atoms with Gasteiger partial charge in [-0.15, -0.1) is 0 Å². The SMILES string of the molecule is CO[Si](CCC[Si](CCC[Si](CCCO)(CCC[Si](CCC[Si](OC)(OC)OC)(CCC[Si](OC)(OC)OC)CCC[Si](OC)(OC)OC)CCC[Si](CCC[Si](OC)(OC)OC)(CCC[Si](OC)(OC)OC)CCC[Si](OC)(OC)OC)(CCC[Si](OC)(OC)OC)CCC[Si](OC)(OC)OC)(OC)OC. The van der Waals surface area contributed by atoms with Gasteiger partial charge < -0.3 is 125 Å². The smallest absolute Gasteiger partial charge is 0.396 e. The lowest BCUT2D eigenvalue weighted by Gasteiger charge is -2.40. The van der Waals surface area contributed by atoms with E-state index in [1.165, 1.54) is 0 Å². The number of aliphatic hydroxyl groups excluding tert-OH is 1. The highest BCUT2D eigenvalue weighted by molar-refractivity contribution is 6.83. The van der Waals surface area contributed by atoms with E-state index in [0.717, 1.165) is 180 Å². The maximum absolute atomic E-state index is 11.3. The lowest BCUT2D eigenvalue weighted by molar-refractivity contribution is 0.122. The molecule has 0 aromatic carbocycles. The predicted octanol–water partition coefficient (Wildman–Crippen LogP) is 13.7. The molecule has 41 heteroatoms. The standard InChI is InChI=1S/C66H160O28Si13/c1-68-99(69-2,70-3)58-32-49-96(50-33-59-100(71-4,72-5)73-6,51-34-60-101(74-7,75-8)76-9)46-29-43-95(42-28-41-67,44-30-47-97(52-35-61-102(77-10,78-11)79-12,53-36-62-103(80-13,81-14)82-15)54-37-63-104(83-16,84-17)85-18)45-31-48-98(55-38-64-105(86-19,87-20)88-21,56-39-65-106(89-22,90-23)91-24)57-40-66-107(92-25,93-26)94-27/h67H,28-66H2,1-27H3. The van der Waals surface area contributed by atoms with Gasteiger partial charge in [0.1, 0.15) is 0 Å². The molecule has 0 unspecified atom stereocenters. The Kier molecular flexibility index (Phi) is 58.7. The van der Waals surface area contributed by atoms with Crippen molar-refractivity contribution >= 4 is 112 Å². The molecule has 0 aromatic heterocycles. The van der Waals surface area contributed by atoms with Crippen molar-refractivity contribution < 1.29 is 125 Å². The third-order valence-corrected chi connectivity index (χ3v) is 72.3. The first-order valence-corrected chi connectivity index (χ1v) is 67.4. The summed E-state index contributed by atoms with van der Waals surface area (Å²) in [5.41, 5.74) is 0. The largest absolute Gasteiger partial charge is 0.500 e. The number of aliphatic hydroxyl groups is 1. The molecule has 0 rings (SSSR count). The molecule has 0 bridgehead atoms. The second kappa shape index (κ2) is 57.8. The van der Waals surface area contributed by atoms with Gasteiger partial charge in [-0.1, -0.05) is 174 Å². The van der Waals surface area contributed by atoms with Crippen molar-refractivity contribution in [1.82, 2.24) is 0 Å². The molecule has 107 heavy (non-hydrogen) atoms. The van der Waals surface area contributed by atoms with Crippen molar-refractivity contribution in [2.24, 2.45) is 0 Å². The first-order valence-electron chi connectivity index (χ1n) is 38.7. The van der Waals surface area contributed by atoms with Gasteiger partial charge >= 0.3 is 79.2 Å². The number of hydrogen-bond acceptors (Lipinski definition) is 28. The van der Waals surface area contributed by atoms with Gasteiger partial charge in [0.25, 0.3) is 0 Å². The lowest BCUT2D eigenvalue weighted by Crippen LogP contribution is -2.45. The lowest BCUT2D eigenvalue weighted by atomic mass is 10.5. The van der Waals surface area contributed by atoms with Crippen molar-refractivity contribution in [2.75, 3.05) is 199 Å². The summed E-state index contributed by atoms with van der Waals surface area (Å²) >= 11 is 0. The summed E-state index contributed by atoms with van der Waals surface area (Å²) < 4.78 is 165. The molecule has 28 nitrogen and oxygen atoms in total. The molecule has 0 aliphatic rings. The van der Waals surface area contributed by atoms with Crippen LogP contribution in [0.1, 0.15) is 83.5 Å². The normalized spacial score (nSPS) is 14.0. The molecule has 0 atom stereocenters. The van der Waals surface area contributed by atoms with Crippen LogP contribution in [0.5, 0.6) is 0 Å². The Morgan fingerprint density at radius 1 is 0.121 bits per heavy atom. The number of hydrogen-bond donors (Lipinski definition) is 1. The zero-order valence-corrected chi connectivity index (χ0v) is 85.5.